The lowest BCUT2D eigenvalue weighted by molar-refractivity contribution is 0.390. The van der Waals surface area contributed by atoms with Gasteiger partial charge in [0, 0.05) is 11.9 Å². The zero-order chi connectivity index (χ0) is 8.10. The van der Waals surface area contributed by atoms with E-state index < -0.39 is 0 Å². The summed E-state index contributed by atoms with van der Waals surface area (Å²) in [5.41, 5.74) is 1.03. The molecule has 0 aliphatic heterocycles. The monoisotopic (exact) mass is 173 g/mol. The van der Waals surface area contributed by atoms with Crippen molar-refractivity contribution in [2.24, 2.45) is 0 Å². The van der Waals surface area contributed by atoms with Crippen LogP contribution in [-0.2, 0) is 6.42 Å². The largest absolute Gasteiger partial charge is 0.361 e. The van der Waals surface area contributed by atoms with Crippen molar-refractivity contribution in [2.45, 2.75) is 26.2 Å². The Labute approximate surface area is 71.5 Å². The molecule has 11 heavy (non-hydrogen) atoms. The number of rotatable bonds is 4. The van der Waals surface area contributed by atoms with E-state index in [1.165, 1.54) is 0 Å². The molecular formula is C8H12ClNO. The maximum atomic E-state index is 5.53. The maximum absolute atomic E-state index is 5.53. The van der Waals surface area contributed by atoms with E-state index in [4.69, 9.17) is 16.1 Å². The van der Waals surface area contributed by atoms with Crippen molar-refractivity contribution in [3.8, 4) is 0 Å². The average molecular weight is 174 g/mol. The first-order chi connectivity index (χ1) is 5.33. The SMILES string of the molecule is Cc1cc(CCCCCl)no1. The molecule has 1 heterocycles. The molecule has 0 spiro atoms. The van der Waals surface area contributed by atoms with Crippen molar-refractivity contribution >= 4 is 11.6 Å². The molecule has 1 aromatic rings. The fourth-order valence-electron chi connectivity index (χ4n) is 0.936. The summed E-state index contributed by atoms with van der Waals surface area (Å²) in [6.45, 7) is 1.90. The molecule has 0 aromatic carbocycles. The summed E-state index contributed by atoms with van der Waals surface area (Å²) >= 11 is 5.53. The Bertz CT molecular complexity index is 210. The second kappa shape index (κ2) is 4.39. The predicted molar refractivity (Wildman–Crippen MR) is 44.9 cm³/mol. The van der Waals surface area contributed by atoms with Gasteiger partial charge in [0.1, 0.15) is 5.76 Å². The maximum Gasteiger partial charge on any atom is 0.133 e. The van der Waals surface area contributed by atoms with Crippen LogP contribution in [0.4, 0.5) is 0 Å². The molecule has 0 N–H and O–H groups in total. The average Bonchev–Trinajstić information content (AvgIpc) is 2.37. The topological polar surface area (TPSA) is 26.0 Å². The van der Waals surface area contributed by atoms with Crippen LogP contribution in [0.5, 0.6) is 0 Å². The molecule has 62 valence electrons. The summed E-state index contributed by atoms with van der Waals surface area (Å²) in [5, 5.41) is 3.87. The van der Waals surface area contributed by atoms with Gasteiger partial charge in [-0.2, -0.15) is 0 Å². The summed E-state index contributed by atoms with van der Waals surface area (Å²) in [7, 11) is 0. The summed E-state index contributed by atoms with van der Waals surface area (Å²) in [4.78, 5) is 0. The molecular weight excluding hydrogens is 162 g/mol. The van der Waals surface area contributed by atoms with Crippen LogP contribution in [0, 0.1) is 6.92 Å². The number of hydrogen-bond donors (Lipinski definition) is 0. The Morgan fingerprint density at radius 1 is 1.55 bits per heavy atom. The van der Waals surface area contributed by atoms with E-state index in [9.17, 15) is 0 Å². The molecule has 0 bridgehead atoms. The van der Waals surface area contributed by atoms with Gasteiger partial charge in [-0.1, -0.05) is 5.16 Å². The number of halogens is 1. The Hall–Kier alpha value is -0.500. The van der Waals surface area contributed by atoms with Crippen molar-refractivity contribution in [3.63, 3.8) is 0 Å². The number of hydrogen-bond acceptors (Lipinski definition) is 2. The molecule has 1 rings (SSSR count). The molecule has 0 amide bonds. The highest BCUT2D eigenvalue weighted by Crippen LogP contribution is 2.05. The Kier molecular flexibility index (Phi) is 3.43. The highest BCUT2D eigenvalue weighted by atomic mass is 35.5. The molecule has 0 aliphatic carbocycles. The minimum atomic E-state index is 0.733. The third-order valence-electron chi connectivity index (χ3n) is 1.49. The van der Waals surface area contributed by atoms with Crippen molar-refractivity contribution in [2.75, 3.05) is 5.88 Å². The zero-order valence-corrected chi connectivity index (χ0v) is 7.40. The lowest BCUT2D eigenvalue weighted by Crippen LogP contribution is -1.85. The molecule has 0 saturated carbocycles. The van der Waals surface area contributed by atoms with Crippen LogP contribution < -0.4 is 0 Å². The minimum Gasteiger partial charge on any atom is -0.361 e. The van der Waals surface area contributed by atoms with Gasteiger partial charge in [0.2, 0.25) is 0 Å². The third-order valence-corrected chi connectivity index (χ3v) is 1.76. The van der Waals surface area contributed by atoms with Crippen molar-refractivity contribution < 1.29 is 4.52 Å². The first-order valence-electron chi connectivity index (χ1n) is 3.81. The first kappa shape index (κ1) is 8.60. The van der Waals surface area contributed by atoms with Gasteiger partial charge in [0.25, 0.3) is 0 Å². The fourth-order valence-corrected chi connectivity index (χ4v) is 1.13. The highest BCUT2D eigenvalue weighted by molar-refractivity contribution is 6.17. The van der Waals surface area contributed by atoms with Crippen LogP contribution in [0.3, 0.4) is 0 Å². The van der Waals surface area contributed by atoms with Gasteiger partial charge in [0.15, 0.2) is 0 Å². The Morgan fingerprint density at radius 3 is 2.91 bits per heavy atom. The number of aromatic nitrogens is 1. The molecule has 0 saturated heterocycles. The van der Waals surface area contributed by atoms with Crippen LogP contribution in [0.15, 0.2) is 10.6 Å². The van der Waals surface area contributed by atoms with E-state index >= 15 is 0 Å². The number of nitrogens with zero attached hydrogens (tertiary/aromatic N) is 1. The molecule has 1 aromatic heterocycles. The smallest absolute Gasteiger partial charge is 0.133 e. The van der Waals surface area contributed by atoms with Crippen LogP contribution >= 0.6 is 11.6 Å². The van der Waals surface area contributed by atoms with Crippen molar-refractivity contribution in [1.82, 2.24) is 5.16 Å². The van der Waals surface area contributed by atoms with E-state index in [2.05, 4.69) is 5.16 Å². The van der Waals surface area contributed by atoms with E-state index in [1.54, 1.807) is 0 Å². The van der Waals surface area contributed by atoms with Gasteiger partial charge in [-0.3, -0.25) is 0 Å². The van der Waals surface area contributed by atoms with Gasteiger partial charge in [-0.15, -0.1) is 11.6 Å². The summed E-state index contributed by atoms with van der Waals surface area (Å²) < 4.78 is 4.91. The van der Waals surface area contributed by atoms with Gasteiger partial charge in [-0.05, 0) is 26.2 Å². The number of aryl methyl sites for hydroxylation is 2. The van der Waals surface area contributed by atoms with Crippen LogP contribution in [0.2, 0.25) is 0 Å². The van der Waals surface area contributed by atoms with E-state index in [1.807, 2.05) is 13.0 Å². The number of alkyl halides is 1. The van der Waals surface area contributed by atoms with Gasteiger partial charge >= 0.3 is 0 Å². The van der Waals surface area contributed by atoms with E-state index in [0.717, 1.165) is 36.6 Å². The summed E-state index contributed by atoms with van der Waals surface area (Å²) in [6.07, 6.45) is 3.12. The molecule has 0 unspecified atom stereocenters. The molecule has 2 nitrogen and oxygen atoms in total. The van der Waals surface area contributed by atoms with Crippen LogP contribution in [0.1, 0.15) is 24.3 Å². The zero-order valence-electron chi connectivity index (χ0n) is 6.64. The molecule has 0 aliphatic rings. The number of unbranched alkanes of at least 4 members (excludes halogenated alkanes) is 1. The van der Waals surface area contributed by atoms with Gasteiger partial charge < -0.3 is 4.52 Å². The molecule has 0 fully saturated rings. The lowest BCUT2D eigenvalue weighted by Gasteiger charge is -1.90. The standard InChI is InChI=1S/C8H12ClNO/c1-7-6-8(10-11-7)4-2-3-5-9/h6H,2-5H2,1H3. The Balaban J connectivity index is 2.27. The molecule has 3 heteroatoms. The molecule has 0 radical (unpaired) electrons. The summed E-state index contributed by atoms with van der Waals surface area (Å²) in [5.74, 6) is 1.61. The van der Waals surface area contributed by atoms with E-state index in [0.29, 0.717) is 0 Å². The highest BCUT2D eigenvalue weighted by Gasteiger charge is 1.98. The fraction of sp³-hybridized carbons (Fsp3) is 0.625. The summed E-state index contributed by atoms with van der Waals surface area (Å²) in [6, 6.07) is 1.97. The minimum absolute atomic E-state index is 0.733. The third kappa shape index (κ3) is 2.93. The van der Waals surface area contributed by atoms with E-state index in [-0.39, 0.29) is 0 Å². The second-order valence-electron chi connectivity index (χ2n) is 2.57. The quantitative estimate of drug-likeness (QED) is 0.517. The van der Waals surface area contributed by atoms with Crippen molar-refractivity contribution in [1.29, 1.82) is 0 Å². The predicted octanol–water partition coefficient (Wildman–Crippen LogP) is 2.54. The van der Waals surface area contributed by atoms with Crippen molar-refractivity contribution in [3.05, 3.63) is 17.5 Å². The van der Waals surface area contributed by atoms with Gasteiger partial charge in [0.05, 0.1) is 5.69 Å². The normalized spacial score (nSPS) is 10.4. The second-order valence-corrected chi connectivity index (χ2v) is 2.95. The molecule has 0 atom stereocenters. The van der Waals surface area contributed by atoms with Crippen LogP contribution in [-0.4, -0.2) is 11.0 Å². The van der Waals surface area contributed by atoms with Crippen LogP contribution in [0.25, 0.3) is 0 Å². The Morgan fingerprint density at radius 2 is 2.36 bits per heavy atom. The lowest BCUT2D eigenvalue weighted by atomic mass is 10.2. The first-order valence-corrected chi connectivity index (χ1v) is 4.34. The van der Waals surface area contributed by atoms with Gasteiger partial charge in [-0.25, -0.2) is 0 Å².